The van der Waals surface area contributed by atoms with Crippen LogP contribution in [0.1, 0.15) is 30.9 Å². The molecule has 0 radical (unpaired) electrons. The third kappa shape index (κ3) is 4.37. The van der Waals surface area contributed by atoms with E-state index in [1.54, 1.807) is 0 Å². The van der Waals surface area contributed by atoms with E-state index in [1.807, 2.05) is 0 Å². The van der Waals surface area contributed by atoms with E-state index in [4.69, 9.17) is 0 Å². The summed E-state index contributed by atoms with van der Waals surface area (Å²) in [5, 5.41) is 42.1. The van der Waals surface area contributed by atoms with E-state index in [9.17, 15) is 28.5 Å². The van der Waals surface area contributed by atoms with Crippen LogP contribution in [0.5, 0.6) is 0 Å². The maximum atomic E-state index is 12.9. The number of fused-ring (bicyclic) bond motifs is 1. The highest BCUT2D eigenvalue weighted by Gasteiger charge is 2.43. The van der Waals surface area contributed by atoms with Crippen molar-refractivity contribution >= 4 is 28.7 Å². The van der Waals surface area contributed by atoms with E-state index < -0.39 is 35.9 Å². The van der Waals surface area contributed by atoms with E-state index in [1.165, 1.54) is 16.8 Å². The van der Waals surface area contributed by atoms with Crippen LogP contribution in [-0.2, 0) is 6.18 Å². The molecule has 0 saturated heterocycles. The SMILES string of the molecule is OCC1CC(n2nnc3c(NC4CC4)nc(Sc4ccc(C(F)(F)F)cc4)nc32)C(O)C1O. The molecule has 9 nitrogen and oxygen atoms in total. The number of benzene rings is 1. The van der Waals surface area contributed by atoms with Crippen molar-refractivity contribution in [2.24, 2.45) is 5.92 Å². The zero-order chi connectivity index (χ0) is 23.3. The Morgan fingerprint density at radius 3 is 2.42 bits per heavy atom. The molecule has 2 heterocycles. The lowest BCUT2D eigenvalue weighted by Gasteiger charge is -2.17. The molecule has 0 aliphatic heterocycles. The minimum atomic E-state index is -4.42. The molecular weight excluding hydrogens is 461 g/mol. The molecule has 176 valence electrons. The Bertz CT molecular complexity index is 1150. The van der Waals surface area contributed by atoms with Gasteiger partial charge < -0.3 is 20.6 Å². The first-order valence-electron chi connectivity index (χ1n) is 10.5. The number of aliphatic hydroxyl groups is 3. The standard InChI is InChI=1S/C20H21F3N6O3S/c21-20(22,23)10-1-5-12(6-2-10)33-19-25-17(24-11-3-4-11)14-18(26-19)29(28-27-14)13-7-9(8-30)15(31)16(13)32/h1-2,5-6,9,11,13,15-16,30-32H,3-4,7-8H2,(H,24,25,26). The number of hydrogen-bond acceptors (Lipinski definition) is 9. The topological polar surface area (TPSA) is 129 Å². The van der Waals surface area contributed by atoms with Crippen LogP contribution in [-0.4, -0.2) is 65.1 Å². The van der Waals surface area contributed by atoms with E-state index in [2.05, 4.69) is 25.6 Å². The Morgan fingerprint density at radius 1 is 1.09 bits per heavy atom. The summed E-state index contributed by atoms with van der Waals surface area (Å²) in [5.41, 5.74) is -0.0148. The van der Waals surface area contributed by atoms with Crippen LogP contribution in [0.2, 0.25) is 0 Å². The Balaban J connectivity index is 1.51. The van der Waals surface area contributed by atoms with Gasteiger partial charge in [-0.2, -0.15) is 13.2 Å². The van der Waals surface area contributed by atoms with Gasteiger partial charge >= 0.3 is 6.18 Å². The molecule has 1 aromatic carbocycles. The first-order valence-corrected chi connectivity index (χ1v) is 11.3. The van der Waals surface area contributed by atoms with Crippen LogP contribution in [0.4, 0.5) is 19.0 Å². The van der Waals surface area contributed by atoms with Gasteiger partial charge in [0.05, 0.1) is 17.7 Å². The highest BCUT2D eigenvalue weighted by atomic mass is 32.2. The number of hydrogen-bond donors (Lipinski definition) is 4. The number of rotatable bonds is 6. The molecule has 2 aliphatic rings. The first-order chi connectivity index (χ1) is 15.7. The second-order valence-electron chi connectivity index (χ2n) is 8.33. The summed E-state index contributed by atoms with van der Waals surface area (Å²) >= 11 is 1.09. The van der Waals surface area contributed by atoms with Gasteiger partial charge in [-0.05, 0) is 55.3 Å². The van der Waals surface area contributed by atoms with Crippen molar-refractivity contribution in [2.45, 2.75) is 59.8 Å². The van der Waals surface area contributed by atoms with Gasteiger partial charge in [0.25, 0.3) is 0 Å². The van der Waals surface area contributed by atoms with Crippen LogP contribution >= 0.6 is 11.8 Å². The fourth-order valence-corrected chi connectivity index (χ4v) is 4.69. The predicted molar refractivity (Wildman–Crippen MR) is 112 cm³/mol. The smallest absolute Gasteiger partial charge is 0.396 e. The summed E-state index contributed by atoms with van der Waals surface area (Å²) in [7, 11) is 0. The Labute approximate surface area is 190 Å². The van der Waals surface area contributed by atoms with Gasteiger partial charge in [0, 0.05) is 23.5 Å². The van der Waals surface area contributed by atoms with Crippen molar-refractivity contribution in [1.82, 2.24) is 25.0 Å². The van der Waals surface area contributed by atoms with Crippen molar-refractivity contribution in [3.63, 3.8) is 0 Å². The quantitative estimate of drug-likeness (QED) is 0.391. The lowest BCUT2D eigenvalue weighted by molar-refractivity contribution is -0.137. The third-order valence-electron chi connectivity index (χ3n) is 5.93. The fourth-order valence-electron chi connectivity index (χ4n) is 3.94. The average molecular weight is 482 g/mol. The van der Waals surface area contributed by atoms with Gasteiger partial charge in [-0.1, -0.05) is 5.21 Å². The molecule has 2 aromatic heterocycles. The predicted octanol–water partition coefficient (Wildman–Crippen LogP) is 2.24. The highest BCUT2D eigenvalue weighted by molar-refractivity contribution is 7.99. The molecule has 2 fully saturated rings. The minimum Gasteiger partial charge on any atom is -0.396 e. The number of aliphatic hydroxyl groups excluding tert-OH is 3. The number of nitrogens with one attached hydrogen (secondary N) is 1. The number of halogens is 3. The molecule has 2 saturated carbocycles. The van der Waals surface area contributed by atoms with Crippen molar-refractivity contribution in [1.29, 1.82) is 0 Å². The largest absolute Gasteiger partial charge is 0.416 e. The van der Waals surface area contributed by atoms with Crippen LogP contribution < -0.4 is 5.32 Å². The summed E-state index contributed by atoms with van der Waals surface area (Å²) in [6.45, 7) is -0.278. The van der Waals surface area contributed by atoms with Crippen molar-refractivity contribution < 1.29 is 28.5 Å². The molecule has 0 bridgehead atoms. The van der Waals surface area contributed by atoms with Gasteiger partial charge in [0.2, 0.25) is 0 Å². The number of alkyl halides is 3. The number of aromatic nitrogens is 5. The highest BCUT2D eigenvalue weighted by Crippen LogP contribution is 2.38. The monoisotopic (exact) mass is 482 g/mol. The van der Waals surface area contributed by atoms with Crippen LogP contribution in [0.15, 0.2) is 34.3 Å². The van der Waals surface area contributed by atoms with E-state index in [-0.39, 0.29) is 24.2 Å². The number of nitrogens with zero attached hydrogens (tertiary/aromatic N) is 5. The normalized spacial score (nSPS) is 25.6. The second kappa shape index (κ2) is 8.38. The zero-order valence-corrected chi connectivity index (χ0v) is 18.0. The molecule has 5 rings (SSSR count). The maximum absolute atomic E-state index is 12.9. The molecule has 0 amide bonds. The zero-order valence-electron chi connectivity index (χ0n) is 17.1. The molecular formula is C20H21F3N6O3S. The molecule has 33 heavy (non-hydrogen) atoms. The van der Waals surface area contributed by atoms with E-state index in [0.717, 1.165) is 36.7 Å². The van der Waals surface area contributed by atoms with Gasteiger partial charge in [0.15, 0.2) is 22.1 Å². The van der Waals surface area contributed by atoms with Gasteiger partial charge in [0.1, 0.15) is 6.10 Å². The van der Waals surface area contributed by atoms with Crippen LogP contribution in [0.3, 0.4) is 0 Å². The number of anilines is 1. The van der Waals surface area contributed by atoms with Crippen LogP contribution in [0, 0.1) is 5.92 Å². The summed E-state index contributed by atoms with van der Waals surface area (Å²) in [6.07, 6.45) is -4.44. The Kier molecular flexibility index (Phi) is 5.67. The van der Waals surface area contributed by atoms with E-state index in [0.29, 0.717) is 21.9 Å². The molecule has 4 unspecified atom stereocenters. The van der Waals surface area contributed by atoms with E-state index >= 15 is 0 Å². The van der Waals surface area contributed by atoms with Gasteiger partial charge in [-0.3, -0.25) is 0 Å². The average Bonchev–Trinajstić information content (AvgIpc) is 3.42. The van der Waals surface area contributed by atoms with Gasteiger partial charge in [-0.25, -0.2) is 14.6 Å². The Hall–Kier alpha value is -2.48. The summed E-state index contributed by atoms with van der Waals surface area (Å²) in [6, 6.07) is 4.31. The van der Waals surface area contributed by atoms with Crippen molar-refractivity contribution in [3.05, 3.63) is 29.8 Å². The summed E-state index contributed by atoms with van der Waals surface area (Å²) in [4.78, 5) is 9.54. The summed E-state index contributed by atoms with van der Waals surface area (Å²) < 4.78 is 40.0. The van der Waals surface area contributed by atoms with Crippen molar-refractivity contribution in [3.8, 4) is 0 Å². The summed E-state index contributed by atoms with van der Waals surface area (Å²) in [5.74, 6) is -0.0500. The second-order valence-corrected chi connectivity index (χ2v) is 9.37. The molecule has 4 atom stereocenters. The fraction of sp³-hybridized carbons (Fsp3) is 0.500. The lowest BCUT2D eigenvalue weighted by atomic mass is 10.1. The molecule has 4 N–H and O–H groups in total. The maximum Gasteiger partial charge on any atom is 0.416 e. The molecule has 3 aromatic rings. The third-order valence-corrected chi connectivity index (χ3v) is 6.81. The molecule has 0 spiro atoms. The molecule has 2 aliphatic carbocycles. The molecule has 13 heteroatoms. The first kappa shape index (κ1) is 22.3. The van der Waals surface area contributed by atoms with Crippen molar-refractivity contribution in [2.75, 3.05) is 11.9 Å². The minimum absolute atomic E-state index is 0.245. The lowest BCUT2D eigenvalue weighted by Crippen LogP contribution is -2.30. The van der Waals surface area contributed by atoms with Gasteiger partial charge in [-0.15, -0.1) is 5.10 Å². The van der Waals surface area contributed by atoms with Crippen LogP contribution in [0.25, 0.3) is 11.2 Å². The Morgan fingerprint density at radius 2 is 1.82 bits per heavy atom.